The van der Waals surface area contributed by atoms with E-state index in [0.717, 1.165) is 0 Å². The molecular formula is C20H19N7O6. The van der Waals surface area contributed by atoms with Gasteiger partial charge in [-0.3, -0.25) is 14.9 Å². The molecule has 1 heterocycles. The molecule has 0 radical (unpaired) electrons. The zero-order valence-electron chi connectivity index (χ0n) is 17.3. The van der Waals surface area contributed by atoms with Crippen LogP contribution in [0.2, 0.25) is 0 Å². The summed E-state index contributed by atoms with van der Waals surface area (Å²) < 4.78 is 11.2. The van der Waals surface area contributed by atoms with Crippen molar-refractivity contribution in [2.24, 2.45) is 0 Å². The Balaban J connectivity index is 1.49. The number of hydrogen-bond acceptors (Lipinski definition) is 9. The number of urea groups is 1. The Kier molecular flexibility index (Phi) is 7.62. The summed E-state index contributed by atoms with van der Waals surface area (Å²) in [6.07, 6.45) is 1.27. The van der Waals surface area contributed by atoms with E-state index in [9.17, 15) is 19.2 Å². The number of aromatic nitrogens is 4. The summed E-state index contributed by atoms with van der Waals surface area (Å²) in [5.41, 5.74) is 0.640. The maximum absolute atomic E-state index is 12.4. The number of para-hydroxylation sites is 1. The number of esters is 1. The number of nitrogens with one attached hydrogen (secondary N) is 3. The van der Waals surface area contributed by atoms with Gasteiger partial charge in [0.2, 0.25) is 5.91 Å². The zero-order chi connectivity index (χ0) is 23.6. The quantitative estimate of drug-likeness (QED) is 0.419. The van der Waals surface area contributed by atoms with E-state index in [1.165, 1.54) is 30.3 Å². The molecule has 0 saturated heterocycles. The second kappa shape index (κ2) is 11.0. The van der Waals surface area contributed by atoms with E-state index >= 15 is 0 Å². The number of carbonyl (C=O) groups is 4. The van der Waals surface area contributed by atoms with Gasteiger partial charge < -0.3 is 20.1 Å². The Bertz CT molecular complexity index is 1130. The Morgan fingerprint density at radius 1 is 0.970 bits per heavy atom. The van der Waals surface area contributed by atoms with E-state index in [0.29, 0.717) is 11.4 Å². The number of rotatable bonds is 8. The number of methoxy groups -OCH3 is 1. The van der Waals surface area contributed by atoms with Crippen LogP contribution in [0.4, 0.5) is 16.2 Å². The summed E-state index contributed by atoms with van der Waals surface area (Å²) in [5, 5.41) is 17.5. The zero-order valence-corrected chi connectivity index (χ0v) is 17.3. The highest BCUT2D eigenvalue weighted by Crippen LogP contribution is 2.17. The van der Waals surface area contributed by atoms with Crippen molar-refractivity contribution in [3.8, 4) is 5.75 Å². The number of benzene rings is 2. The highest BCUT2D eigenvalue weighted by molar-refractivity contribution is 6.04. The highest BCUT2D eigenvalue weighted by Gasteiger charge is 2.17. The number of amides is 4. The first-order valence-corrected chi connectivity index (χ1v) is 9.46. The molecule has 13 heteroatoms. The van der Waals surface area contributed by atoms with Crippen molar-refractivity contribution in [3.05, 3.63) is 60.4 Å². The summed E-state index contributed by atoms with van der Waals surface area (Å²) in [6.45, 7) is -0.871. The van der Waals surface area contributed by atoms with Crippen LogP contribution < -0.4 is 20.7 Å². The lowest BCUT2D eigenvalue weighted by atomic mass is 10.2. The van der Waals surface area contributed by atoms with Crippen molar-refractivity contribution in [1.29, 1.82) is 0 Å². The van der Waals surface area contributed by atoms with Crippen LogP contribution in [0, 0.1) is 0 Å². The first-order chi connectivity index (χ1) is 15.9. The lowest BCUT2D eigenvalue weighted by molar-refractivity contribution is -0.123. The standard InChI is InChI=1S/C20H19N7O6/c1-32-14-8-6-13(7-9-14)22-20(31)24-18(29)11-33-19(30)15-4-2-3-5-16(15)23-17(28)10-27-12-21-25-26-27/h2-9,12H,10-11H2,1H3,(H,23,28)(H2,22,24,29,31). The normalized spacial score (nSPS) is 10.1. The summed E-state index contributed by atoms with van der Waals surface area (Å²) in [7, 11) is 1.51. The Morgan fingerprint density at radius 3 is 2.42 bits per heavy atom. The molecule has 1 aromatic heterocycles. The van der Waals surface area contributed by atoms with Gasteiger partial charge in [-0.15, -0.1) is 5.10 Å². The summed E-state index contributed by atoms with van der Waals surface area (Å²) in [4.78, 5) is 48.4. The minimum absolute atomic E-state index is 0.0260. The summed E-state index contributed by atoms with van der Waals surface area (Å²) in [6, 6.07) is 11.8. The molecule has 13 nitrogen and oxygen atoms in total. The number of imide groups is 1. The number of carbonyl (C=O) groups excluding carboxylic acids is 4. The van der Waals surface area contributed by atoms with E-state index < -0.39 is 30.4 Å². The molecule has 0 atom stereocenters. The van der Waals surface area contributed by atoms with E-state index in [1.54, 1.807) is 36.4 Å². The average molecular weight is 453 g/mol. The molecule has 3 aromatic rings. The van der Waals surface area contributed by atoms with Crippen LogP contribution in [-0.2, 0) is 20.9 Å². The Morgan fingerprint density at radius 2 is 1.73 bits per heavy atom. The minimum atomic E-state index is -0.862. The fourth-order valence-corrected chi connectivity index (χ4v) is 2.57. The fraction of sp³-hybridized carbons (Fsp3) is 0.150. The summed E-state index contributed by atoms with van der Waals surface area (Å²) >= 11 is 0. The molecule has 2 aromatic carbocycles. The van der Waals surface area contributed by atoms with Crippen LogP contribution in [0.25, 0.3) is 0 Å². The van der Waals surface area contributed by atoms with E-state index in [-0.39, 0.29) is 17.8 Å². The lowest BCUT2D eigenvalue weighted by Gasteiger charge is -2.11. The van der Waals surface area contributed by atoms with E-state index in [2.05, 4.69) is 26.2 Å². The lowest BCUT2D eigenvalue weighted by Crippen LogP contribution is -2.37. The molecule has 3 N–H and O–H groups in total. The van der Waals surface area contributed by atoms with Gasteiger partial charge >= 0.3 is 12.0 Å². The van der Waals surface area contributed by atoms with Crippen LogP contribution in [-0.4, -0.2) is 57.7 Å². The van der Waals surface area contributed by atoms with Gasteiger partial charge in [0.1, 0.15) is 18.6 Å². The Hall–Kier alpha value is -4.81. The largest absolute Gasteiger partial charge is 0.497 e. The van der Waals surface area contributed by atoms with Crippen LogP contribution >= 0.6 is 0 Å². The molecule has 170 valence electrons. The van der Waals surface area contributed by atoms with Crippen LogP contribution in [0.3, 0.4) is 0 Å². The van der Waals surface area contributed by atoms with Crippen LogP contribution in [0.1, 0.15) is 10.4 Å². The fourth-order valence-electron chi connectivity index (χ4n) is 2.57. The smallest absolute Gasteiger partial charge is 0.340 e. The Labute approximate surface area is 187 Å². The topological polar surface area (TPSA) is 166 Å². The van der Waals surface area contributed by atoms with Crippen LogP contribution in [0.15, 0.2) is 54.9 Å². The first-order valence-electron chi connectivity index (χ1n) is 9.46. The van der Waals surface area contributed by atoms with Crippen molar-refractivity contribution in [2.75, 3.05) is 24.4 Å². The van der Waals surface area contributed by atoms with Gasteiger partial charge in [-0.05, 0) is 46.8 Å². The molecule has 4 amide bonds. The number of hydrogen-bond donors (Lipinski definition) is 3. The second-order valence-electron chi connectivity index (χ2n) is 6.41. The molecule has 0 bridgehead atoms. The highest BCUT2D eigenvalue weighted by atomic mass is 16.5. The summed E-state index contributed by atoms with van der Waals surface area (Å²) in [5.74, 6) is -1.57. The molecule has 33 heavy (non-hydrogen) atoms. The van der Waals surface area contributed by atoms with Gasteiger partial charge in [0.05, 0.1) is 18.4 Å². The molecule has 0 aliphatic heterocycles. The van der Waals surface area contributed by atoms with Gasteiger partial charge in [-0.25, -0.2) is 14.3 Å². The van der Waals surface area contributed by atoms with Gasteiger partial charge in [0, 0.05) is 5.69 Å². The molecule has 0 saturated carbocycles. The molecule has 0 fully saturated rings. The van der Waals surface area contributed by atoms with Crippen molar-refractivity contribution < 1.29 is 28.7 Å². The van der Waals surface area contributed by atoms with Gasteiger partial charge in [0.15, 0.2) is 6.61 Å². The van der Waals surface area contributed by atoms with Gasteiger partial charge in [0.25, 0.3) is 5.91 Å². The maximum atomic E-state index is 12.4. The third-order valence-corrected chi connectivity index (χ3v) is 4.05. The number of nitrogens with zero attached hydrogens (tertiary/aromatic N) is 4. The second-order valence-corrected chi connectivity index (χ2v) is 6.41. The minimum Gasteiger partial charge on any atom is -0.497 e. The number of tetrazole rings is 1. The number of ether oxygens (including phenoxy) is 2. The van der Waals surface area contributed by atoms with Crippen molar-refractivity contribution in [2.45, 2.75) is 6.54 Å². The average Bonchev–Trinajstić information content (AvgIpc) is 3.31. The number of anilines is 2. The molecule has 0 aliphatic carbocycles. The first kappa shape index (κ1) is 22.9. The van der Waals surface area contributed by atoms with E-state index in [4.69, 9.17) is 9.47 Å². The monoisotopic (exact) mass is 453 g/mol. The molecular weight excluding hydrogens is 434 g/mol. The molecule has 0 aliphatic rings. The van der Waals surface area contributed by atoms with E-state index in [1.807, 2.05) is 5.32 Å². The van der Waals surface area contributed by atoms with Crippen molar-refractivity contribution in [3.63, 3.8) is 0 Å². The predicted octanol–water partition coefficient (Wildman–Crippen LogP) is 0.825. The van der Waals surface area contributed by atoms with Crippen molar-refractivity contribution >= 4 is 35.2 Å². The SMILES string of the molecule is COc1ccc(NC(=O)NC(=O)COC(=O)c2ccccc2NC(=O)Cn2cnnn2)cc1. The third kappa shape index (κ3) is 6.85. The molecule has 0 unspecified atom stereocenters. The van der Waals surface area contributed by atoms with Crippen LogP contribution in [0.5, 0.6) is 5.75 Å². The maximum Gasteiger partial charge on any atom is 0.340 e. The molecule has 3 rings (SSSR count). The van der Waals surface area contributed by atoms with Gasteiger partial charge in [-0.2, -0.15) is 0 Å². The third-order valence-electron chi connectivity index (χ3n) is 4.05. The van der Waals surface area contributed by atoms with Gasteiger partial charge in [-0.1, -0.05) is 12.1 Å². The molecule has 0 spiro atoms. The predicted molar refractivity (Wildman–Crippen MR) is 113 cm³/mol. The van der Waals surface area contributed by atoms with Crippen molar-refractivity contribution in [1.82, 2.24) is 25.5 Å².